The molecule has 17 heavy (non-hydrogen) atoms. The SMILES string of the molecule is COc1cc(C)c(C)cc1CC1CNCCN1. The Morgan fingerprint density at radius 2 is 2.00 bits per heavy atom. The van der Waals surface area contributed by atoms with E-state index < -0.39 is 0 Å². The van der Waals surface area contributed by atoms with E-state index in [1.807, 2.05) is 0 Å². The largest absolute Gasteiger partial charge is 0.496 e. The minimum absolute atomic E-state index is 0.514. The molecule has 0 aliphatic carbocycles. The van der Waals surface area contributed by atoms with Crippen LogP contribution in [0.1, 0.15) is 16.7 Å². The Labute approximate surface area is 104 Å². The molecule has 0 saturated carbocycles. The van der Waals surface area contributed by atoms with Gasteiger partial charge in [-0.3, -0.25) is 0 Å². The lowest BCUT2D eigenvalue weighted by atomic mass is 9.99. The molecule has 1 aromatic carbocycles. The molecule has 1 saturated heterocycles. The fourth-order valence-electron chi connectivity index (χ4n) is 2.32. The molecule has 0 aromatic heterocycles. The van der Waals surface area contributed by atoms with Crippen LogP contribution in [0.25, 0.3) is 0 Å². The lowest BCUT2D eigenvalue weighted by molar-refractivity contribution is 0.390. The van der Waals surface area contributed by atoms with Crippen molar-refractivity contribution in [3.63, 3.8) is 0 Å². The number of hydrogen-bond donors (Lipinski definition) is 2. The van der Waals surface area contributed by atoms with E-state index in [0.717, 1.165) is 31.8 Å². The molecule has 1 aromatic rings. The van der Waals surface area contributed by atoms with Gasteiger partial charge in [0.15, 0.2) is 0 Å². The maximum atomic E-state index is 5.47. The van der Waals surface area contributed by atoms with Crippen molar-refractivity contribution in [2.75, 3.05) is 26.7 Å². The predicted molar refractivity (Wildman–Crippen MR) is 70.8 cm³/mol. The number of aryl methyl sites for hydroxylation is 2. The second kappa shape index (κ2) is 5.52. The van der Waals surface area contributed by atoms with Gasteiger partial charge in [0.05, 0.1) is 7.11 Å². The van der Waals surface area contributed by atoms with Crippen LogP contribution in [-0.2, 0) is 6.42 Å². The topological polar surface area (TPSA) is 33.3 Å². The molecule has 1 unspecified atom stereocenters. The molecule has 1 aliphatic rings. The van der Waals surface area contributed by atoms with Crippen LogP contribution in [-0.4, -0.2) is 32.8 Å². The third-order valence-corrected chi connectivity index (χ3v) is 3.49. The van der Waals surface area contributed by atoms with Gasteiger partial charge in [-0.2, -0.15) is 0 Å². The standard InChI is InChI=1S/C14H22N2O/c1-10-6-12(14(17-3)7-11(10)2)8-13-9-15-4-5-16-13/h6-7,13,15-16H,4-5,8-9H2,1-3H3. The monoisotopic (exact) mass is 234 g/mol. The molecular weight excluding hydrogens is 212 g/mol. The number of methoxy groups -OCH3 is 1. The van der Waals surface area contributed by atoms with Crippen molar-refractivity contribution in [1.29, 1.82) is 0 Å². The summed E-state index contributed by atoms with van der Waals surface area (Å²) in [5.74, 6) is 1.01. The molecular formula is C14H22N2O. The van der Waals surface area contributed by atoms with Crippen LogP contribution < -0.4 is 15.4 Å². The fraction of sp³-hybridized carbons (Fsp3) is 0.571. The molecule has 3 nitrogen and oxygen atoms in total. The van der Waals surface area contributed by atoms with Crippen molar-refractivity contribution in [2.45, 2.75) is 26.3 Å². The first-order valence-corrected chi connectivity index (χ1v) is 6.29. The zero-order valence-corrected chi connectivity index (χ0v) is 11.0. The van der Waals surface area contributed by atoms with Crippen molar-refractivity contribution in [3.05, 3.63) is 28.8 Å². The first-order valence-electron chi connectivity index (χ1n) is 6.29. The van der Waals surface area contributed by atoms with E-state index in [4.69, 9.17) is 4.74 Å². The zero-order chi connectivity index (χ0) is 12.3. The fourth-order valence-corrected chi connectivity index (χ4v) is 2.32. The van der Waals surface area contributed by atoms with Gasteiger partial charge in [0.2, 0.25) is 0 Å². The lowest BCUT2D eigenvalue weighted by Crippen LogP contribution is -2.49. The smallest absolute Gasteiger partial charge is 0.122 e. The van der Waals surface area contributed by atoms with Crippen LogP contribution in [0, 0.1) is 13.8 Å². The third-order valence-electron chi connectivity index (χ3n) is 3.49. The van der Waals surface area contributed by atoms with Crippen LogP contribution in [0.3, 0.4) is 0 Å². The Balaban J connectivity index is 2.15. The molecule has 94 valence electrons. The van der Waals surface area contributed by atoms with Gasteiger partial charge in [0.1, 0.15) is 5.75 Å². The summed E-state index contributed by atoms with van der Waals surface area (Å²) in [6.45, 7) is 7.45. The van der Waals surface area contributed by atoms with Crippen LogP contribution in [0.2, 0.25) is 0 Å². The van der Waals surface area contributed by atoms with Crippen molar-refractivity contribution >= 4 is 0 Å². The maximum absolute atomic E-state index is 5.47. The molecule has 1 atom stereocenters. The summed E-state index contributed by atoms with van der Waals surface area (Å²) in [6, 6.07) is 4.91. The summed E-state index contributed by atoms with van der Waals surface area (Å²) >= 11 is 0. The Kier molecular flexibility index (Phi) is 4.02. The highest BCUT2D eigenvalue weighted by Crippen LogP contribution is 2.24. The molecule has 1 aliphatic heterocycles. The Morgan fingerprint density at radius 1 is 1.24 bits per heavy atom. The normalized spacial score (nSPS) is 20.3. The minimum Gasteiger partial charge on any atom is -0.496 e. The molecule has 1 fully saturated rings. The van der Waals surface area contributed by atoms with E-state index in [1.165, 1.54) is 16.7 Å². The number of piperazine rings is 1. The van der Waals surface area contributed by atoms with Gasteiger partial charge in [0, 0.05) is 25.7 Å². The van der Waals surface area contributed by atoms with E-state index in [0.29, 0.717) is 6.04 Å². The van der Waals surface area contributed by atoms with Gasteiger partial charge >= 0.3 is 0 Å². The predicted octanol–water partition coefficient (Wildman–Crippen LogP) is 1.42. The lowest BCUT2D eigenvalue weighted by Gasteiger charge is -2.25. The summed E-state index contributed by atoms with van der Waals surface area (Å²) in [5, 5.41) is 6.95. The highest BCUT2D eigenvalue weighted by Gasteiger charge is 2.15. The number of rotatable bonds is 3. The molecule has 1 heterocycles. The van der Waals surface area contributed by atoms with Crippen molar-refractivity contribution < 1.29 is 4.74 Å². The number of ether oxygens (including phenoxy) is 1. The van der Waals surface area contributed by atoms with Gasteiger partial charge in [-0.1, -0.05) is 6.07 Å². The zero-order valence-electron chi connectivity index (χ0n) is 11.0. The van der Waals surface area contributed by atoms with E-state index >= 15 is 0 Å². The van der Waals surface area contributed by atoms with Crippen molar-refractivity contribution in [3.8, 4) is 5.75 Å². The van der Waals surface area contributed by atoms with E-state index in [9.17, 15) is 0 Å². The van der Waals surface area contributed by atoms with E-state index in [2.05, 4.69) is 36.6 Å². The molecule has 0 radical (unpaired) electrons. The van der Waals surface area contributed by atoms with E-state index in [-0.39, 0.29) is 0 Å². The Morgan fingerprint density at radius 3 is 2.65 bits per heavy atom. The minimum atomic E-state index is 0.514. The average molecular weight is 234 g/mol. The first kappa shape index (κ1) is 12.4. The molecule has 2 rings (SSSR count). The summed E-state index contributed by atoms with van der Waals surface area (Å²) in [6.07, 6.45) is 1.03. The quantitative estimate of drug-likeness (QED) is 0.830. The molecule has 2 N–H and O–H groups in total. The van der Waals surface area contributed by atoms with Gasteiger partial charge in [-0.15, -0.1) is 0 Å². The highest BCUT2D eigenvalue weighted by atomic mass is 16.5. The molecule has 0 amide bonds. The Bertz CT molecular complexity index is 384. The second-order valence-corrected chi connectivity index (χ2v) is 4.81. The van der Waals surface area contributed by atoms with Crippen LogP contribution in [0.4, 0.5) is 0 Å². The molecule has 3 heteroatoms. The van der Waals surface area contributed by atoms with Crippen LogP contribution in [0.15, 0.2) is 12.1 Å². The number of nitrogens with one attached hydrogen (secondary N) is 2. The highest BCUT2D eigenvalue weighted by molar-refractivity contribution is 5.42. The summed E-state index contributed by atoms with van der Waals surface area (Å²) in [5.41, 5.74) is 3.93. The van der Waals surface area contributed by atoms with E-state index in [1.54, 1.807) is 7.11 Å². The van der Waals surface area contributed by atoms with Crippen molar-refractivity contribution in [2.24, 2.45) is 0 Å². The molecule has 0 bridgehead atoms. The van der Waals surface area contributed by atoms with Crippen LogP contribution >= 0.6 is 0 Å². The summed E-state index contributed by atoms with van der Waals surface area (Å²) in [4.78, 5) is 0. The van der Waals surface area contributed by atoms with Gasteiger partial charge < -0.3 is 15.4 Å². The second-order valence-electron chi connectivity index (χ2n) is 4.81. The van der Waals surface area contributed by atoms with Crippen LogP contribution in [0.5, 0.6) is 5.75 Å². The Hall–Kier alpha value is -1.06. The van der Waals surface area contributed by atoms with Gasteiger partial charge in [0.25, 0.3) is 0 Å². The van der Waals surface area contributed by atoms with Crippen molar-refractivity contribution in [1.82, 2.24) is 10.6 Å². The average Bonchev–Trinajstić information content (AvgIpc) is 2.35. The van der Waals surface area contributed by atoms with Gasteiger partial charge in [-0.05, 0) is 43.0 Å². The summed E-state index contributed by atoms with van der Waals surface area (Å²) in [7, 11) is 1.75. The summed E-state index contributed by atoms with van der Waals surface area (Å²) < 4.78 is 5.47. The maximum Gasteiger partial charge on any atom is 0.122 e. The van der Waals surface area contributed by atoms with Gasteiger partial charge in [-0.25, -0.2) is 0 Å². The number of benzene rings is 1. The number of hydrogen-bond acceptors (Lipinski definition) is 3. The first-order chi connectivity index (χ1) is 8.20. The molecule has 0 spiro atoms. The third kappa shape index (κ3) is 2.99.